The normalized spacial score (nSPS) is 22.2. The zero-order valence-corrected chi connectivity index (χ0v) is 11.1. The largest absolute Gasteiger partial charge is 0.362 e. The first kappa shape index (κ1) is 10.9. The van der Waals surface area contributed by atoms with E-state index in [0.717, 1.165) is 0 Å². The molecule has 0 N–H and O–H groups in total. The molecule has 2 heterocycles. The van der Waals surface area contributed by atoms with Gasteiger partial charge in [-0.3, -0.25) is 0 Å². The molecule has 17 heavy (non-hydrogen) atoms. The van der Waals surface area contributed by atoms with Gasteiger partial charge in [0, 0.05) is 17.8 Å². The highest BCUT2D eigenvalue weighted by atomic mass is 15.2. The van der Waals surface area contributed by atoms with Crippen LogP contribution < -0.4 is 4.90 Å². The molecule has 0 amide bonds. The van der Waals surface area contributed by atoms with Crippen molar-refractivity contribution in [2.24, 2.45) is 0 Å². The minimum atomic E-state index is 0.175. The Balaban J connectivity index is 2.29. The van der Waals surface area contributed by atoms with E-state index in [-0.39, 0.29) is 5.54 Å². The Morgan fingerprint density at radius 1 is 1.12 bits per heavy atom. The lowest BCUT2D eigenvalue weighted by atomic mass is 9.85. The SMILES string of the molecule is CC1=C2c3ccccc3N(CCCC1)C2(C)C. The number of para-hydroxylation sites is 1. The van der Waals surface area contributed by atoms with Crippen LogP contribution in [-0.2, 0) is 0 Å². The molecule has 2 aliphatic heterocycles. The third-order valence-corrected chi connectivity index (χ3v) is 4.36. The average molecular weight is 227 g/mol. The molecule has 1 nitrogen and oxygen atoms in total. The molecule has 1 aromatic carbocycles. The number of fused-ring (bicyclic) bond motifs is 5. The van der Waals surface area contributed by atoms with Gasteiger partial charge in [-0.15, -0.1) is 0 Å². The summed E-state index contributed by atoms with van der Waals surface area (Å²) in [6.45, 7) is 8.26. The van der Waals surface area contributed by atoms with E-state index in [2.05, 4.69) is 49.9 Å². The lowest BCUT2D eigenvalue weighted by molar-refractivity contribution is 0.552. The van der Waals surface area contributed by atoms with E-state index in [1.807, 2.05) is 0 Å². The standard InChI is InChI=1S/C16H21N/c1-12-8-6-7-11-17-14-10-5-4-9-13(14)15(12)16(17,2)3/h4-5,9-10H,6-8,11H2,1-3H3. The smallest absolute Gasteiger partial charge is 0.0603 e. The summed E-state index contributed by atoms with van der Waals surface area (Å²) in [7, 11) is 0. The third kappa shape index (κ3) is 1.45. The average Bonchev–Trinajstić information content (AvgIpc) is 2.54. The van der Waals surface area contributed by atoms with Crippen molar-refractivity contribution in [1.82, 2.24) is 0 Å². The zero-order valence-electron chi connectivity index (χ0n) is 11.1. The van der Waals surface area contributed by atoms with Gasteiger partial charge in [0.2, 0.25) is 0 Å². The van der Waals surface area contributed by atoms with Gasteiger partial charge in [-0.25, -0.2) is 0 Å². The molecule has 90 valence electrons. The first-order chi connectivity index (χ1) is 8.12. The minimum Gasteiger partial charge on any atom is -0.362 e. The minimum absolute atomic E-state index is 0.175. The van der Waals surface area contributed by atoms with Gasteiger partial charge >= 0.3 is 0 Å². The third-order valence-electron chi connectivity index (χ3n) is 4.36. The van der Waals surface area contributed by atoms with E-state index < -0.39 is 0 Å². The summed E-state index contributed by atoms with van der Waals surface area (Å²) in [5.74, 6) is 0. The van der Waals surface area contributed by atoms with E-state index in [0.29, 0.717) is 0 Å². The van der Waals surface area contributed by atoms with Gasteiger partial charge in [0.25, 0.3) is 0 Å². The maximum Gasteiger partial charge on any atom is 0.0603 e. The summed E-state index contributed by atoms with van der Waals surface area (Å²) in [6, 6.07) is 8.91. The van der Waals surface area contributed by atoms with E-state index in [9.17, 15) is 0 Å². The predicted octanol–water partition coefficient (Wildman–Crippen LogP) is 4.24. The van der Waals surface area contributed by atoms with Gasteiger partial charge < -0.3 is 4.90 Å². The second-order valence-electron chi connectivity index (χ2n) is 5.84. The van der Waals surface area contributed by atoms with Gasteiger partial charge in [0.15, 0.2) is 0 Å². The lowest BCUT2D eigenvalue weighted by Crippen LogP contribution is -2.42. The molecule has 3 rings (SSSR count). The molecule has 2 bridgehead atoms. The Labute approximate surface area is 104 Å². The first-order valence-electron chi connectivity index (χ1n) is 6.69. The van der Waals surface area contributed by atoms with Crippen LogP contribution in [0.5, 0.6) is 0 Å². The van der Waals surface area contributed by atoms with Crippen LogP contribution >= 0.6 is 0 Å². The molecule has 0 fully saturated rings. The summed E-state index contributed by atoms with van der Waals surface area (Å²) in [5.41, 5.74) is 6.25. The quantitative estimate of drug-likeness (QED) is 0.640. The van der Waals surface area contributed by atoms with Crippen molar-refractivity contribution in [3.8, 4) is 0 Å². The molecule has 1 aromatic rings. The van der Waals surface area contributed by atoms with Crippen molar-refractivity contribution in [1.29, 1.82) is 0 Å². The van der Waals surface area contributed by atoms with Crippen molar-refractivity contribution in [2.45, 2.75) is 45.6 Å². The number of nitrogens with zero attached hydrogens (tertiary/aromatic N) is 1. The number of hydrogen-bond acceptors (Lipinski definition) is 1. The van der Waals surface area contributed by atoms with Crippen LogP contribution in [0.15, 0.2) is 29.8 Å². The highest BCUT2D eigenvalue weighted by molar-refractivity contribution is 5.91. The van der Waals surface area contributed by atoms with Crippen LogP contribution in [0.4, 0.5) is 5.69 Å². The molecular weight excluding hydrogens is 206 g/mol. The molecule has 1 heteroatoms. The molecule has 0 saturated heterocycles. The van der Waals surface area contributed by atoms with Gasteiger partial charge in [-0.2, -0.15) is 0 Å². The van der Waals surface area contributed by atoms with Crippen molar-refractivity contribution in [2.75, 3.05) is 11.4 Å². The first-order valence-corrected chi connectivity index (χ1v) is 6.69. The van der Waals surface area contributed by atoms with Crippen LogP contribution in [0.3, 0.4) is 0 Å². The number of rotatable bonds is 0. The Morgan fingerprint density at radius 2 is 1.88 bits per heavy atom. The topological polar surface area (TPSA) is 3.24 Å². The summed E-state index contributed by atoms with van der Waals surface area (Å²) in [6.07, 6.45) is 3.90. The molecule has 0 spiro atoms. The Bertz CT molecular complexity index is 482. The number of hydrogen-bond donors (Lipinski definition) is 0. The van der Waals surface area contributed by atoms with Crippen LogP contribution in [0.25, 0.3) is 5.57 Å². The van der Waals surface area contributed by atoms with Crippen LogP contribution in [-0.4, -0.2) is 12.1 Å². The predicted molar refractivity (Wildman–Crippen MR) is 74.3 cm³/mol. The molecular formula is C16H21N. The van der Waals surface area contributed by atoms with Crippen molar-refractivity contribution in [3.05, 3.63) is 35.4 Å². The van der Waals surface area contributed by atoms with Gasteiger partial charge in [0.1, 0.15) is 0 Å². The van der Waals surface area contributed by atoms with Gasteiger partial charge in [-0.1, -0.05) is 23.8 Å². The molecule has 2 aliphatic rings. The molecule has 0 radical (unpaired) electrons. The molecule has 0 aromatic heterocycles. The second-order valence-corrected chi connectivity index (χ2v) is 5.84. The highest BCUT2D eigenvalue weighted by Gasteiger charge is 2.41. The van der Waals surface area contributed by atoms with Crippen molar-refractivity contribution >= 4 is 11.3 Å². The van der Waals surface area contributed by atoms with E-state index in [4.69, 9.17) is 0 Å². The lowest BCUT2D eigenvalue weighted by Gasteiger charge is -2.37. The zero-order chi connectivity index (χ0) is 12.0. The number of allylic oxidation sites excluding steroid dienone is 1. The Kier molecular flexibility index (Phi) is 2.32. The molecule has 0 atom stereocenters. The summed E-state index contributed by atoms with van der Waals surface area (Å²) < 4.78 is 0. The fourth-order valence-corrected chi connectivity index (χ4v) is 3.62. The molecule has 0 aliphatic carbocycles. The highest BCUT2D eigenvalue weighted by Crippen LogP contribution is 2.49. The number of benzene rings is 1. The van der Waals surface area contributed by atoms with E-state index >= 15 is 0 Å². The second kappa shape index (κ2) is 3.63. The molecule has 0 unspecified atom stereocenters. The maximum atomic E-state index is 2.60. The van der Waals surface area contributed by atoms with Crippen molar-refractivity contribution in [3.63, 3.8) is 0 Å². The molecule has 0 saturated carbocycles. The van der Waals surface area contributed by atoms with Gasteiger partial charge in [-0.05, 0) is 51.7 Å². The number of anilines is 1. The van der Waals surface area contributed by atoms with Crippen LogP contribution in [0.1, 0.15) is 45.6 Å². The summed E-state index contributed by atoms with van der Waals surface area (Å²) >= 11 is 0. The Morgan fingerprint density at radius 3 is 2.71 bits per heavy atom. The fourth-order valence-electron chi connectivity index (χ4n) is 3.62. The summed E-state index contributed by atoms with van der Waals surface area (Å²) in [4.78, 5) is 2.60. The summed E-state index contributed by atoms with van der Waals surface area (Å²) in [5, 5.41) is 0. The van der Waals surface area contributed by atoms with E-state index in [1.165, 1.54) is 37.1 Å². The van der Waals surface area contributed by atoms with Crippen LogP contribution in [0, 0.1) is 0 Å². The van der Waals surface area contributed by atoms with E-state index in [1.54, 1.807) is 11.1 Å². The van der Waals surface area contributed by atoms with Gasteiger partial charge in [0.05, 0.1) is 5.54 Å². The fraction of sp³-hybridized carbons (Fsp3) is 0.500. The maximum absolute atomic E-state index is 2.60. The van der Waals surface area contributed by atoms with Crippen LogP contribution in [0.2, 0.25) is 0 Å². The monoisotopic (exact) mass is 227 g/mol. The Hall–Kier alpha value is -1.24. The van der Waals surface area contributed by atoms with Crippen molar-refractivity contribution < 1.29 is 0 Å².